The zero-order chi connectivity index (χ0) is 13.1. The number of rotatable bonds is 4. The van der Waals surface area contributed by atoms with Crippen molar-refractivity contribution in [1.29, 1.82) is 0 Å². The SMILES string of the molecule is Cc1noc(CN2CCN(Cc3ccc[nH]3)CC2)n1. The van der Waals surface area contributed by atoms with E-state index in [1.807, 2.05) is 19.2 Å². The molecule has 0 radical (unpaired) electrons. The largest absolute Gasteiger partial charge is 0.364 e. The molecule has 6 heteroatoms. The summed E-state index contributed by atoms with van der Waals surface area (Å²) in [6.07, 6.45) is 1.98. The molecule has 1 aliphatic rings. The molecule has 0 unspecified atom stereocenters. The van der Waals surface area contributed by atoms with Gasteiger partial charge in [0, 0.05) is 44.6 Å². The smallest absolute Gasteiger partial charge is 0.240 e. The summed E-state index contributed by atoms with van der Waals surface area (Å²) in [4.78, 5) is 12.3. The third-order valence-electron chi connectivity index (χ3n) is 3.45. The lowest BCUT2D eigenvalue weighted by Gasteiger charge is -2.33. The molecule has 3 heterocycles. The summed E-state index contributed by atoms with van der Waals surface area (Å²) in [6.45, 7) is 7.85. The van der Waals surface area contributed by atoms with Crippen LogP contribution in [0.2, 0.25) is 0 Å². The predicted molar refractivity (Wildman–Crippen MR) is 70.4 cm³/mol. The van der Waals surface area contributed by atoms with Crippen LogP contribution in [0.15, 0.2) is 22.9 Å². The zero-order valence-corrected chi connectivity index (χ0v) is 11.2. The third kappa shape index (κ3) is 3.21. The van der Waals surface area contributed by atoms with Gasteiger partial charge >= 0.3 is 0 Å². The molecule has 0 saturated carbocycles. The van der Waals surface area contributed by atoms with Crippen LogP contribution in [-0.2, 0) is 13.1 Å². The van der Waals surface area contributed by atoms with Crippen LogP contribution in [0.1, 0.15) is 17.4 Å². The molecule has 0 spiro atoms. The molecule has 0 bridgehead atoms. The van der Waals surface area contributed by atoms with Crippen LogP contribution in [0.5, 0.6) is 0 Å². The molecule has 2 aromatic heterocycles. The highest BCUT2D eigenvalue weighted by atomic mass is 16.5. The minimum absolute atomic E-state index is 0.709. The molecule has 0 aliphatic carbocycles. The third-order valence-corrected chi connectivity index (χ3v) is 3.45. The van der Waals surface area contributed by atoms with E-state index in [-0.39, 0.29) is 0 Å². The lowest BCUT2D eigenvalue weighted by atomic mass is 10.3. The van der Waals surface area contributed by atoms with Crippen LogP contribution >= 0.6 is 0 Å². The molecule has 2 aromatic rings. The number of aromatic nitrogens is 3. The lowest BCUT2D eigenvalue weighted by molar-refractivity contribution is 0.111. The molecule has 0 amide bonds. The lowest BCUT2D eigenvalue weighted by Crippen LogP contribution is -2.45. The number of piperazine rings is 1. The molecule has 1 aliphatic heterocycles. The van der Waals surface area contributed by atoms with Crippen LogP contribution in [0, 0.1) is 6.92 Å². The molecule has 0 atom stereocenters. The molecule has 3 rings (SSSR count). The Morgan fingerprint density at radius 1 is 1.21 bits per heavy atom. The van der Waals surface area contributed by atoms with E-state index in [1.54, 1.807) is 0 Å². The van der Waals surface area contributed by atoms with Gasteiger partial charge in [-0.05, 0) is 19.1 Å². The van der Waals surface area contributed by atoms with Gasteiger partial charge in [-0.1, -0.05) is 5.16 Å². The summed E-state index contributed by atoms with van der Waals surface area (Å²) in [5, 5.41) is 3.82. The van der Waals surface area contributed by atoms with Gasteiger partial charge in [0.05, 0.1) is 6.54 Å². The van der Waals surface area contributed by atoms with Crippen LogP contribution in [0.25, 0.3) is 0 Å². The Labute approximate surface area is 112 Å². The molecule has 1 fully saturated rings. The molecule has 1 saturated heterocycles. The Morgan fingerprint density at radius 2 is 1.95 bits per heavy atom. The van der Waals surface area contributed by atoms with Crippen molar-refractivity contribution in [2.24, 2.45) is 0 Å². The second-order valence-corrected chi connectivity index (χ2v) is 4.98. The Hall–Kier alpha value is -1.66. The standard InChI is InChI=1S/C13H19N5O/c1-11-15-13(19-16-11)10-18-7-5-17(6-8-18)9-12-3-2-4-14-12/h2-4,14H,5-10H2,1H3. The summed E-state index contributed by atoms with van der Waals surface area (Å²) in [6, 6.07) is 4.18. The number of aromatic amines is 1. The fourth-order valence-corrected chi connectivity index (χ4v) is 2.41. The van der Waals surface area contributed by atoms with E-state index in [9.17, 15) is 0 Å². The van der Waals surface area contributed by atoms with Crippen molar-refractivity contribution in [3.8, 4) is 0 Å². The van der Waals surface area contributed by atoms with E-state index in [4.69, 9.17) is 4.52 Å². The van der Waals surface area contributed by atoms with Gasteiger partial charge in [-0.15, -0.1) is 0 Å². The molecule has 19 heavy (non-hydrogen) atoms. The Morgan fingerprint density at radius 3 is 2.53 bits per heavy atom. The topological polar surface area (TPSA) is 61.2 Å². The van der Waals surface area contributed by atoms with Crippen molar-refractivity contribution >= 4 is 0 Å². The van der Waals surface area contributed by atoms with Crippen molar-refractivity contribution in [1.82, 2.24) is 24.9 Å². The van der Waals surface area contributed by atoms with Gasteiger partial charge in [-0.3, -0.25) is 9.80 Å². The van der Waals surface area contributed by atoms with Gasteiger partial charge in [0.1, 0.15) is 0 Å². The van der Waals surface area contributed by atoms with E-state index in [0.29, 0.717) is 5.82 Å². The van der Waals surface area contributed by atoms with Gasteiger partial charge in [0.25, 0.3) is 0 Å². The van der Waals surface area contributed by atoms with Crippen molar-refractivity contribution in [3.05, 3.63) is 35.7 Å². The summed E-state index contributed by atoms with van der Waals surface area (Å²) in [5.41, 5.74) is 1.28. The summed E-state index contributed by atoms with van der Waals surface area (Å²) in [7, 11) is 0. The van der Waals surface area contributed by atoms with Crippen LogP contribution in [0.4, 0.5) is 0 Å². The first-order chi connectivity index (χ1) is 9.29. The number of hydrogen-bond donors (Lipinski definition) is 1. The number of H-pyrrole nitrogens is 1. The molecule has 0 aromatic carbocycles. The molecule has 102 valence electrons. The fourth-order valence-electron chi connectivity index (χ4n) is 2.41. The average Bonchev–Trinajstić information content (AvgIpc) is 3.04. The first kappa shape index (κ1) is 12.4. The molecule has 6 nitrogen and oxygen atoms in total. The monoisotopic (exact) mass is 261 g/mol. The van der Waals surface area contributed by atoms with Gasteiger partial charge in [0.15, 0.2) is 5.82 Å². The zero-order valence-electron chi connectivity index (χ0n) is 11.2. The number of aryl methyl sites for hydroxylation is 1. The van der Waals surface area contributed by atoms with Gasteiger partial charge < -0.3 is 9.51 Å². The maximum atomic E-state index is 5.16. The van der Waals surface area contributed by atoms with E-state index >= 15 is 0 Å². The summed E-state index contributed by atoms with van der Waals surface area (Å²) < 4.78 is 5.16. The fraction of sp³-hybridized carbons (Fsp3) is 0.538. The molecule has 1 N–H and O–H groups in total. The molecular formula is C13H19N5O. The first-order valence-electron chi connectivity index (χ1n) is 6.66. The minimum Gasteiger partial charge on any atom is -0.364 e. The second kappa shape index (κ2) is 5.54. The maximum Gasteiger partial charge on any atom is 0.240 e. The predicted octanol–water partition coefficient (Wildman–Crippen LogP) is 1.02. The quantitative estimate of drug-likeness (QED) is 0.890. The summed E-state index contributed by atoms with van der Waals surface area (Å²) >= 11 is 0. The average molecular weight is 261 g/mol. The highest BCUT2D eigenvalue weighted by Gasteiger charge is 2.19. The maximum absolute atomic E-state index is 5.16. The van der Waals surface area contributed by atoms with Gasteiger partial charge in [-0.2, -0.15) is 4.98 Å². The van der Waals surface area contributed by atoms with E-state index < -0.39 is 0 Å². The Balaban J connectivity index is 1.46. The first-order valence-corrected chi connectivity index (χ1v) is 6.66. The van der Waals surface area contributed by atoms with Gasteiger partial charge in [0.2, 0.25) is 5.89 Å². The van der Waals surface area contributed by atoms with Crippen LogP contribution in [0.3, 0.4) is 0 Å². The van der Waals surface area contributed by atoms with Crippen LogP contribution < -0.4 is 0 Å². The van der Waals surface area contributed by atoms with Crippen LogP contribution in [-0.4, -0.2) is 51.1 Å². The number of nitrogens with zero attached hydrogens (tertiary/aromatic N) is 4. The van der Waals surface area contributed by atoms with Crippen molar-refractivity contribution in [2.45, 2.75) is 20.0 Å². The van der Waals surface area contributed by atoms with Gasteiger partial charge in [-0.25, -0.2) is 0 Å². The van der Waals surface area contributed by atoms with Crippen molar-refractivity contribution < 1.29 is 4.52 Å². The normalized spacial score (nSPS) is 17.9. The van der Waals surface area contributed by atoms with Crippen molar-refractivity contribution in [3.63, 3.8) is 0 Å². The van der Waals surface area contributed by atoms with E-state index in [2.05, 4.69) is 31.0 Å². The van der Waals surface area contributed by atoms with Crippen molar-refractivity contribution in [2.75, 3.05) is 26.2 Å². The highest BCUT2D eigenvalue weighted by Crippen LogP contribution is 2.09. The van der Waals surface area contributed by atoms with E-state index in [1.165, 1.54) is 5.69 Å². The molecular weight excluding hydrogens is 242 g/mol. The minimum atomic E-state index is 0.709. The second-order valence-electron chi connectivity index (χ2n) is 4.98. The number of hydrogen-bond acceptors (Lipinski definition) is 5. The Kier molecular flexibility index (Phi) is 3.61. The highest BCUT2D eigenvalue weighted by molar-refractivity contribution is 5.03. The Bertz CT molecular complexity index is 499. The van der Waals surface area contributed by atoms with E-state index in [0.717, 1.165) is 45.2 Å². The summed E-state index contributed by atoms with van der Waals surface area (Å²) in [5.74, 6) is 1.43. The number of nitrogens with one attached hydrogen (secondary N) is 1.